The van der Waals surface area contributed by atoms with Crippen LogP contribution in [0.1, 0.15) is 56.6 Å². The van der Waals surface area contributed by atoms with E-state index in [2.05, 4.69) is 5.32 Å². The van der Waals surface area contributed by atoms with Crippen molar-refractivity contribution in [2.45, 2.75) is 71.0 Å². The topological polar surface area (TPSA) is 86.8 Å². The van der Waals surface area contributed by atoms with Crippen LogP contribution in [0, 0.1) is 6.92 Å². The molecule has 8 heteroatoms. The van der Waals surface area contributed by atoms with E-state index in [1.165, 1.54) is 6.42 Å². The number of rotatable bonds is 10. The largest absolute Gasteiger partial charge is 0.352 e. The molecule has 1 saturated carbocycles. The number of amides is 2. The van der Waals surface area contributed by atoms with Crippen LogP contribution in [0.25, 0.3) is 0 Å². The van der Waals surface area contributed by atoms with Gasteiger partial charge in [-0.1, -0.05) is 68.7 Å². The summed E-state index contributed by atoms with van der Waals surface area (Å²) in [4.78, 5) is 28.6. The molecule has 3 rings (SSSR count). The van der Waals surface area contributed by atoms with Crippen molar-refractivity contribution in [3.63, 3.8) is 0 Å². The van der Waals surface area contributed by atoms with Crippen LogP contribution >= 0.6 is 0 Å². The van der Waals surface area contributed by atoms with Crippen LogP contribution in [-0.4, -0.2) is 50.0 Å². The number of aryl methyl sites for hydroxylation is 1. The highest BCUT2D eigenvalue weighted by atomic mass is 32.2. The van der Waals surface area contributed by atoms with Crippen molar-refractivity contribution in [1.29, 1.82) is 0 Å². The lowest BCUT2D eigenvalue weighted by molar-refractivity contribution is -0.140. The maximum Gasteiger partial charge on any atom is 0.244 e. The minimum Gasteiger partial charge on any atom is -0.352 e. The van der Waals surface area contributed by atoms with E-state index in [0.29, 0.717) is 12.1 Å². The molecule has 1 aliphatic rings. The number of hydrogen-bond acceptors (Lipinski definition) is 4. The molecule has 0 aromatic heterocycles. The number of sulfonamides is 1. The van der Waals surface area contributed by atoms with Crippen molar-refractivity contribution in [3.8, 4) is 0 Å². The molecule has 0 bridgehead atoms. The van der Waals surface area contributed by atoms with Gasteiger partial charge in [0, 0.05) is 12.6 Å². The highest BCUT2D eigenvalue weighted by Gasteiger charge is 2.33. The molecule has 7 nitrogen and oxygen atoms in total. The van der Waals surface area contributed by atoms with E-state index in [9.17, 15) is 18.0 Å². The number of nitrogens with one attached hydrogen (secondary N) is 1. The molecule has 35 heavy (non-hydrogen) atoms. The second kappa shape index (κ2) is 12.2. The molecule has 0 spiro atoms. The molecule has 0 saturated heterocycles. The van der Waals surface area contributed by atoms with Gasteiger partial charge in [-0.3, -0.25) is 13.9 Å². The van der Waals surface area contributed by atoms with E-state index in [1.54, 1.807) is 35.2 Å². The van der Waals surface area contributed by atoms with Crippen LogP contribution in [-0.2, 0) is 26.2 Å². The van der Waals surface area contributed by atoms with Crippen LogP contribution in [0.4, 0.5) is 5.69 Å². The molecule has 2 aromatic carbocycles. The fourth-order valence-electron chi connectivity index (χ4n) is 4.64. The van der Waals surface area contributed by atoms with Crippen molar-refractivity contribution < 1.29 is 18.0 Å². The molecule has 1 aliphatic carbocycles. The molecule has 1 atom stereocenters. The van der Waals surface area contributed by atoms with Gasteiger partial charge in [0.2, 0.25) is 21.8 Å². The number of nitrogens with zero attached hydrogens (tertiary/aromatic N) is 2. The number of benzene rings is 2. The third-order valence-electron chi connectivity index (χ3n) is 6.66. The summed E-state index contributed by atoms with van der Waals surface area (Å²) in [6.45, 7) is 3.71. The lowest BCUT2D eigenvalue weighted by Crippen LogP contribution is -2.54. The van der Waals surface area contributed by atoms with E-state index < -0.39 is 22.0 Å². The lowest BCUT2D eigenvalue weighted by Gasteiger charge is -2.34. The third kappa shape index (κ3) is 7.31. The predicted molar refractivity (Wildman–Crippen MR) is 139 cm³/mol. The first kappa shape index (κ1) is 26.7. The van der Waals surface area contributed by atoms with Gasteiger partial charge in [0.15, 0.2) is 0 Å². The Bertz CT molecular complexity index is 1100. The Labute approximate surface area is 209 Å². The van der Waals surface area contributed by atoms with Gasteiger partial charge in [-0.05, 0) is 49.4 Å². The van der Waals surface area contributed by atoms with Crippen LogP contribution in [0.3, 0.4) is 0 Å². The number of carbonyl (C=O) groups excluding carboxylic acids is 2. The zero-order valence-electron chi connectivity index (χ0n) is 20.9. The van der Waals surface area contributed by atoms with Crippen molar-refractivity contribution in [2.24, 2.45) is 0 Å². The summed E-state index contributed by atoms with van der Waals surface area (Å²) >= 11 is 0. The second-order valence-electron chi connectivity index (χ2n) is 9.32. The maximum atomic E-state index is 13.7. The molecule has 2 amide bonds. The molecule has 0 radical (unpaired) electrons. The zero-order valence-corrected chi connectivity index (χ0v) is 21.8. The molecule has 0 unspecified atom stereocenters. The average Bonchev–Trinajstić information content (AvgIpc) is 2.84. The van der Waals surface area contributed by atoms with Gasteiger partial charge in [0.05, 0.1) is 11.9 Å². The summed E-state index contributed by atoms with van der Waals surface area (Å²) in [6, 6.07) is 15.7. The van der Waals surface area contributed by atoms with E-state index >= 15 is 0 Å². The molecule has 190 valence electrons. The average molecular weight is 500 g/mol. The maximum absolute atomic E-state index is 13.7. The van der Waals surface area contributed by atoms with Gasteiger partial charge < -0.3 is 10.2 Å². The standard InChI is InChI=1S/C27H37N3O4S/c1-4-25(27(32)28-23-15-7-5-8-16-23)29(19-22-14-12-11-13-21(22)2)26(31)20-30(35(3,33)34)24-17-9-6-10-18-24/h6,9-14,17-18,23,25H,4-5,7-8,15-16,19-20H2,1-3H3,(H,28,32)/t25-/m0/s1. The Morgan fingerprint density at radius 3 is 2.23 bits per heavy atom. The Morgan fingerprint density at radius 1 is 1.00 bits per heavy atom. The second-order valence-corrected chi connectivity index (χ2v) is 11.2. The first-order valence-electron chi connectivity index (χ1n) is 12.4. The summed E-state index contributed by atoms with van der Waals surface area (Å²) in [5.41, 5.74) is 2.35. The summed E-state index contributed by atoms with van der Waals surface area (Å²) in [7, 11) is -3.72. The minimum absolute atomic E-state index is 0.123. The summed E-state index contributed by atoms with van der Waals surface area (Å²) in [5, 5.41) is 3.16. The Morgan fingerprint density at radius 2 is 1.63 bits per heavy atom. The Kier molecular flexibility index (Phi) is 9.32. The van der Waals surface area contributed by atoms with Crippen molar-refractivity contribution >= 4 is 27.5 Å². The quantitative estimate of drug-likeness (QED) is 0.535. The Hall–Kier alpha value is -2.87. The van der Waals surface area contributed by atoms with Gasteiger partial charge in [-0.25, -0.2) is 8.42 Å². The summed E-state index contributed by atoms with van der Waals surface area (Å²) < 4.78 is 26.3. The molecular weight excluding hydrogens is 462 g/mol. The number of carbonyl (C=O) groups is 2. The van der Waals surface area contributed by atoms with Crippen molar-refractivity contribution in [3.05, 3.63) is 65.7 Å². The van der Waals surface area contributed by atoms with E-state index in [1.807, 2.05) is 38.1 Å². The predicted octanol–water partition coefficient (Wildman–Crippen LogP) is 4.02. The molecule has 1 N–H and O–H groups in total. The Balaban J connectivity index is 1.90. The fraction of sp³-hybridized carbons (Fsp3) is 0.481. The summed E-state index contributed by atoms with van der Waals surface area (Å²) in [5.74, 6) is -0.583. The minimum atomic E-state index is -3.72. The van der Waals surface area contributed by atoms with E-state index in [-0.39, 0.29) is 25.0 Å². The van der Waals surface area contributed by atoms with Gasteiger partial charge in [-0.2, -0.15) is 0 Å². The van der Waals surface area contributed by atoms with E-state index in [0.717, 1.165) is 47.4 Å². The van der Waals surface area contributed by atoms with Crippen molar-refractivity contribution in [1.82, 2.24) is 10.2 Å². The number of hydrogen-bond donors (Lipinski definition) is 1. The lowest BCUT2D eigenvalue weighted by atomic mass is 9.95. The van der Waals surface area contributed by atoms with Crippen LogP contribution in [0.2, 0.25) is 0 Å². The smallest absolute Gasteiger partial charge is 0.244 e. The van der Waals surface area contributed by atoms with Gasteiger partial charge >= 0.3 is 0 Å². The monoisotopic (exact) mass is 499 g/mol. The number of anilines is 1. The van der Waals surface area contributed by atoms with Crippen molar-refractivity contribution in [2.75, 3.05) is 17.1 Å². The first-order valence-corrected chi connectivity index (χ1v) is 14.2. The van der Waals surface area contributed by atoms with Crippen LogP contribution in [0.15, 0.2) is 54.6 Å². The first-order chi connectivity index (χ1) is 16.7. The SMILES string of the molecule is CC[C@@H](C(=O)NC1CCCCC1)N(Cc1ccccc1C)C(=O)CN(c1ccccc1)S(C)(=O)=O. The van der Waals surface area contributed by atoms with Gasteiger partial charge in [-0.15, -0.1) is 0 Å². The van der Waals surface area contributed by atoms with Gasteiger partial charge in [0.1, 0.15) is 12.6 Å². The third-order valence-corrected chi connectivity index (χ3v) is 7.80. The van der Waals surface area contributed by atoms with Crippen LogP contribution < -0.4 is 9.62 Å². The molecule has 2 aromatic rings. The van der Waals surface area contributed by atoms with Crippen LogP contribution in [0.5, 0.6) is 0 Å². The molecular formula is C27H37N3O4S. The normalized spacial score (nSPS) is 15.3. The molecule has 1 fully saturated rings. The zero-order chi connectivity index (χ0) is 25.4. The fourth-order valence-corrected chi connectivity index (χ4v) is 5.49. The molecule has 0 heterocycles. The highest BCUT2D eigenvalue weighted by Crippen LogP contribution is 2.21. The highest BCUT2D eigenvalue weighted by molar-refractivity contribution is 7.92. The van der Waals surface area contributed by atoms with Gasteiger partial charge in [0.25, 0.3) is 0 Å². The number of para-hydroxylation sites is 1. The van der Waals surface area contributed by atoms with E-state index in [4.69, 9.17) is 0 Å². The summed E-state index contributed by atoms with van der Waals surface area (Å²) in [6.07, 6.45) is 6.78. The molecule has 0 aliphatic heterocycles.